The molecule has 1 heterocycles. The van der Waals surface area contributed by atoms with E-state index in [-0.39, 0.29) is 17.9 Å². The second kappa shape index (κ2) is 6.04. The lowest BCUT2D eigenvalue weighted by atomic mass is 9.85. The number of amides is 1. The van der Waals surface area contributed by atoms with Crippen LogP contribution in [0.3, 0.4) is 0 Å². The van der Waals surface area contributed by atoms with Gasteiger partial charge in [-0.2, -0.15) is 5.10 Å². The van der Waals surface area contributed by atoms with Crippen LogP contribution in [0.15, 0.2) is 12.4 Å². The Kier molecular flexibility index (Phi) is 4.39. The third-order valence-electron chi connectivity index (χ3n) is 3.74. The maximum Gasteiger partial charge on any atom is 0.306 e. The third kappa shape index (κ3) is 3.36. The van der Waals surface area contributed by atoms with E-state index < -0.39 is 12.0 Å². The van der Waals surface area contributed by atoms with Gasteiger partial charge in [-0.15, -0.1) is 0 Å². The molecule has 110 valence electrons. The third-order valence-corrected chi connectivity index (χ3v) is 3.74. The average molecular weight is 280 g/mol. The monoisotopic (exact) mass is 280 g/mol. The molecule has 1 saturated carbocycles. The minimum absolute atomic E-state index is 0.111. The van der Waals surface area contributed by atoms with Crippen LogP contribution >= 0.6 is 0 Å². The first-order chi connectivity index (χ1) is 9.47. The number of nitrogens with two attached hydrogens (primary N) is 1. The van der Waals surface area contributed by atoms with Crippen LogP contribution in [0.2, 0.25) is 0 Å². The van der Waals surface area contributed by atoms with Crippen LogP contribution in [0, 0.1) is 5.92 Å². The number of aromatic nitrogens is 2. The quantitative estimate of drug-likeness (QED) is 0.728. The van der Waals surface area contributed by atoms with Crippen molar-refractivity contribution in [2.45, 2.75) is 37.8 Å². The molecule has 0 aromatic carbocycles. The second-order valence-electron chi connectivity index (χ2n) is 5.33. The molecule has 0 aliphatic heterocycles. The number of carboxylic acid groups (broad SMARTS) is 1. The second-order valence-corrected chi connectivity index (χ2v) is 5.33. The van der Waals surface area contributed by atoms with Gasteiger partial charge in [0.25, 0.3) is 0 Å². The molecule has 2 rings (SSSR count). The fourth-order valence-electron chi connectivity index (χ4n) is 2.59. The molecule has 0 spiro atoms. The van der Waals surface area contributed by atoms with E-state index in [4.69, 9.17) is 10.8 Å². The fourth-order valence-corrected chi connectivity index (χ4v) is 2.59. The van der Waals surface area contributed by atoms with Gasteiger partial charge in [-0.1, -0.05) is 6.42 Å². The zero-order valence-electron chi connectivity index (χ0n) is 11.5. The Hall–Kier alpha value is -1.89. The normalized spacial score (nSPS) is 24.1. The number of hydrogen-bond acceptors (Lipinski definition) is 4. The number of hydrogen-bond donors (Lipinski definition) is 3. The van der Waals surface area contributed by atoms with Gasteiger partial charge in [0.2, 0.25) is 5.91 Å². The molecule has 0 saturated heterocycles. The van der Waals surface area contributed by atoms with E-state index in [0.29, 0.717) is 18.4 Å². The predicted molar refractivity (Wildman–Crippen MR) is 71.7 cm³/mol. The number of aryl methyl sites for hydroxylation is 1. The number of carbonyl (C=O) groups is 2. The average Bonchev–Trinajstić information content (AvgIpc) is 2.84. The van der Waals surface area contributed by atoms with Crippen LogP contribution in [0.5, 0.6) is 0 Å². The number of nitrogens with zero attached hydrogens (tertiary/aromatic N) is 2. The number of nitrogens with one attached hydrogen (secondary N) is 1. The molecule has 1 aliphatic rings. The Morgan fingerprint density at radius 2 is 2.30 bits per heavy atom. The van der Waals surface area contributed by atoms with Crippen molar-refractivity contribution in [3.63, 3.8) is 0 Å². The predicted octanol–water partition coefficient (Wildman–Crippen LogP) is 0.180. The molecule has 3 unspecified atom stereocenters. The smallest absolute Gasteiger partial charge is 0.306 e. The molecular formula is C13H20N4O3. The van der Waals surface area contributed by atoms with Crippen LogP contribution in [0.4, 0.5) is 0 Å². The summed E-state index contributed by atoms with van der Waals surface area (Å²) in [6, 6.07) is -0.881. The highest BCUT2D eigenvalue weighted by molar-refractivity contribution is 5.83. The highest BCUT2D eigenvalue weighted by Crippen LogP contribution is 2.24. The summed E-state index contributed by atoms with van der Waals surface area (Å²) < 4.78 is 1.59. The van der Waals surface area contributed by atoms with Crippen molar-refractivity contribution in [1.82, 2.24) is 15.1 Å². The lowest BCUT2D eigenvalue weighted by molar-refractivity contribution is -0.143. The molecule has 1 fully saturated rings. The van der Waals surface area contributed by atoms with Crippen molar-refractivity contribution >= 4 is 11.9 Å². The molecule has 0 radical (unpaired) electrons. The number of rotatable bonds is 4. The number of carbonyl (C=O) groups excluding carboxylic acids is 1. The summed E-state index contributed by atoms with van der Waals surface area (Å²) in [6.07, 6.45) is 6.02. The maximum absolute atomic E-state index is 12.1. The number of aliphatic carboxylic acids is 1. The molecule has 3 atom stereocenters. The molecule has 1 aromatic heterocycles. The van der Waals surface area contributed by atoms with E-state index in [1.807, 2.05) is 0 Å². The van der Waals surface area contributed by atoms with Gasteiger partial charge in [0.15, 0.2) is 0 Å². The van der Waals surface area contributed by atoms with Crippen molar-refractivity contribution in [3.8, 4) is 0 Å². The molecular weight excluding hydrogens is 260 g/mol. The van der Waals surface area contributed by atoms with E-state index in [1.54, 1.807) is 24.1 Å². The maximum atomic E-state index is 12.1. The van der Waals surface area contributed by atoms with Gasteiger partial charge in [-0.05, 0) is 19.3 Å². The summed E-state index contributed by atoms with van der Waals surface area (Å²) in [7, 11) is 1.76. The number of carboxylic acids is 1. The summed E-state index contributed by atoms with van der Waals surface area (Å²) >= 11 is 0. The first-order valence-corrected chi connectivity index (χ1v) is 6.74. The summed E-state index contributed by atoms with van der Waals surface area (Å²) in [5.41, 5.74) is 6.53. The summed E-state index contributed by atoms with van der Waals surface area (Å²) in [4.78, 5) is 23.1. The first-order valence-electron chi connectivity index (χ1n) is 6.74. The Morgan fingerprint density at radius 1 is 1.55 bits per heavy atom. The van der Waals surface area contributed by atoms with Gasteiger partial charge >= 0.3 is 5.97 Å². The summed E-state index contributed by atoms with van der Waals surface area (Å²) in [5, 5.41) is 15.9. The van der Waals surface area contributed by atoms with Gasteiger partial charge < -0.3 is 16.2 Å². The molecule has 4 N–H and O–H groups in total. The molecule has 1 aromatic rings. The van der Waals surface area contributed by atoms with Gasteiger partial charge in [0.05, 0.1) is 12.1 Å². The molecule has 0 bridgehead atoms. The van der Waals surface area contributed by atoms with Crippen molar-refractivity contribution in [2.75, 3.05) is 0 Å². The van der Waals surface area contributed by atoms with Crippen LogP contribution in [0.1, 0.15) is 37.3 Å². The molecule has 20 heavy (non-hydrogen) atoms. The van der Waals surface area contributed by atoms with Crippen LogP contribution in [0.25, 0.3) is 0 Å². The highest BCUT2D eigenvalue weighted by atomic mass is 16.4. The van der Waals surface area contributed by atoms with Crippen LogP contribution in [-0.4, -0.2) is 32.8 Å². The molecule has 1 aliphatic carbocycles. The Bertz CT molecular complexity index is 500. The van der Waals surface area contributed by atoms with Gasteiger partial charge in [0, 0.05) is 24.8 Å². The lowest BCUT2D eigenvalue weighted by Crippen LogP contribution is -2.43. The Labute approximate surface area is 117 Å². The Balaban J connectivity index is 1.92. The largest absolute Gasteiger partial charge is 0.481 e. The SMILES string of the molecule is Cn1cc(C(N)C(=O)NC2CCCC(C(=O)O)C2)cn1. The lowest BCUT2D eigenvalue weighted by Gasteiger charge is -2.28. The van der Waals surface area contributed by atoms with E-state index in [1.165, 1.54) is 0 Å². The molecule has 7 heteroatoms. The van der Waals surface area contributed by atoms with Gasteiger partial charge in [-0.25, -0.2) is 0 Å². The van der Waals surface area contributed by atoms with E-state index >= 15 is 0 Å². The zero-order chi connectivity index (χ0) is 14.7. The van der Waals surface area contributed by atoms with Crippen molar-refractivity contribution in [1.29, 1.82) is 0 Å². The van der Waals surface area contributed by atoms with Gasteiger partial charge in [0.1, 0.15) is 6.04 Å². The van der Waals surface area contributed by atoms with Crippen molar-refractivity contribution in [2.24, 2.45) is 18.7 Å². The molecule has 1 amide bonds. The fraction of sp³-hybridized carbons (Fsp3) is 0.615. The van der Waals surface area contributed by atoms with Gasteiger partial charge in [-0.3, -0.25) is 14.3 Å². The summed E-state index contributed by atoms with van der Waals surface area (Å²) in [6.45, 7) is 0. The standard InChI is InChI=1S/C13H20N4O3/c1-17-7-9(6-15-17)11(14)12(18)16-10-4-2-3-8(5-10)13(19)20/h6-8,10-11H,2-5,14H2,1H3,(H,16,18)(H,19,20). The van der Waals surface area contributed by atoms with E-state index in [0.717, 1.165) is 12.8 Å². The van der Waals surface area contributed by atoms with E-state index in [2.05, 4.69) is 10.4 Å². The van der Waals surface area contributed by atoms with Crippen LogP contribution < -0.4 is 11.1 Å². The minimum atomic E-state index is -0.791. The van der Waals surface area contributed by atoms with Crippen molar-refractivity contribution < 1.29 is 14.7 Å². The van der Waals surface area contributed by atoms with E-state index in [9.17, 15) is 9.59 Å². The minimum Gasteiger partial charge on any atom is -0.481 e. The highest BCUT2D eigenvalue weighted by Gasteiger charge is 2.29. The molecule has 7 nitrogen and oxygen atoms in total. The zero-order valence-corrected chi connectivity index (χ0v) is 11.5. The Morgan fingerprint density at radius 3 is 2.90 bits per heavy atom. The van der Waals surface area contributed by atoms with Crippen LogP contribution in [-0.2, 0) is 16.6 Å². The van der Waals surface area contributed by atoms with Crippen molar-refractivity contribution in [3.05, 3.63) is 18.0 Å². The summed E-state index contributed by atoms with van der Waals surface area (Å²) in [5.74, 6) is -1.45. The first kappa shape index (κ1) is 14.5. The topological polar surface area (TPSA) is 110 Å².